The number of nitrogens with one attached hydrogen (secondary N) is 1. The fourth-order valence-electron chi connectivity index (χ4n) is 2.32. The lowest BCUT2D eigenvalue weighted by molar-refractivity contribution is -0.137. The van der Waals surface area contributed by atoms with Crippen molar-refractivity contribution in [3.05, 3.63) is 34.9 Å². The Morgan fingerprint density at radius 1 is 1.39 bits per heavy atom. The third-order valence-electron chi connectivity index (χ3n) is 3.29. The third-order valence-corrected chi connectivity index (χ3v) is 3.29. The van der Waals surface area contributed by atoms with Crippen molar-refractivity contribution in [3.63, 3.8) is 0 Å². The molecule has 0 aliphatic carbocycles. The van der Waals surface area contributed by atoms with Gasteiger partial charge in [-0.05, 0) is 35.6 Å². The summed E-state index contributed by atoms with van der Waals surface area (Å²) in [6.07, 6.45) is -3.54. The number of alkyl halides is 3. The lowest BCUT2D eigenvalue weighted by atomic mass is 9.87. The van der Waals surface area contributed by atoms with Gasteiger partial charge in [0.25, 0.3) is 0 Å². The Labute approximate surface area is 104 Å². The minimum absolute atomic E-state index is 0.0935. The van der Waals surface area contributed by atoms with Gasteiger partial charge in [-0.3, -0.25) is 0 Å². The lowest BCUT2D eigenvalue weighted by Crippen LogP contribution is -2.29. The van der Waals surface area contributed by atoms with Crippen LogP contribution in [-0.4, -0.2) is 20.3 Å². The molecule has 1 N–H and O–H groups in total. The van der Waals surface area contributed by atoms with Crippen molar-refractivity contribution in [2.75, 3.05) is 20.3 Å². The molecule has 1 unspecified atom stereocenters. The number of hydrogen-bond donors (Lipinski definition) is 1. The molecular weight excluding hydrogens is 243 g/mol. The monoisotopic (exact) mass is 259 g/mol. The highest BCUT2D eigenvalue weighted by Crippen LogP contribution is 2.34. The van der Waals surface area contributed by atoms with E-state index in [-0.39, 0.29) is 5.92 Å². The van der Waals surface area contributed by atoms with Crippen LogP contribution in [0.3, 0.4) is 0 Å². The van der Waals surface area contributed by atoms with E-state index in [9.17, 15) is 13.2 Å². The molecule has 1 aromatic rings. The maximum atomic E-state index is 12.7. The van der Waals surface area contributed by atoms with E-state index in [1.54, 1.807) is 13.2 Å². The van der Waals surface area contributed by atoms with Gasteiger partial charge < -0.3 is 10.1 Å². The first-order valence-corrected chi connectivity index (χ1v) is 5.92. The number of halogens is 3. The second-order valence-electron chi connectivity index (χ2n) is 4.52. The maximum absolute atomic E-state index is 12.7. The molecule has 18 heavy (non-hydrogen) atoms. The molecule has 100 valence electrons. The molecule has 1 aliphatic rings. The molecule has 5 heteroatoms. The summed E-state index contributed by atoms with van der Waals surface area (Å²) in [5, 5.41) is 3.22. The second-order valence-corrected chi connectivity index (χ2v) is 4.52. The minimum atomic E-state index is -4.27. The van der Waals surface area contributed by atoms with Crippen LogP contribution in [0.25, 0.3) is 0 Å². The molecule has 0 amide bonds. The summed E-state index contributed by atoms with van der Waals surface area (Å²) in [6, 6.07) is 4.01. The van der Waals surface area contributed by atoms with Gasteiger partial charge in [-0.15, -0.1) is 0 Å². The van der Waals surface area contributed by atoms with E-state index in [2.05, 4.69) is 5.32 Å². The molecule has 0 radical (unpaired) electrons. The van der Waals surface area contributed by atoms with Gasteiger partial charge in [-0.25, -0.2) is 0 Å². The number of benzene rings is 1. The van der Waals surface area contributed by atoms with Gasteiger partial charge in [-0.1, -0.05) is 6.07 Å². The zero-order chi connectivity index (χ0) is 13.2. The molecule has 0 bridgehead atoms. The molecule has 0 spiro atoms. The number of rotatable bonds is 3. The van der Waals surface area contributed by atoms with Gasteiger partial charge in [0, 0.05) is 26.8 Å². The van der Waals surface area contributed by atoms with E-state index in [1.165, 1.54) is 6.07 Å². The summed E-state index contributed by atoms with van der Waals surface area (Å²) < 4.78 is 43.1. The van der Waals surface area contributed by atoms with Crippen LogP contribution in [-0.2, 0) is 17.5 Å². The Balaban J connectivity index is 2.29. The van der Waals surface area contributed by atoms with Gasteiger partial charge in [-0.2, -0.15) is 13.2 Å². The van der Waals surface area contributed by atoms with Crippen LogP contribution in [0, 0.1) is 0 Å². The summed E-state index contributed by atoms with van der Waals surface area (Å²) in [7, 11) is 1.60. The fraction of sp³-hybridized carbons (Fsp3) is 0.538. The summed E-state index contributed by atoms with van der Waals surface area (Å²) >= 11 is 0. The Kier molecular flexibility index (Phi) is 3.92. The molecule has 0 fully saturated rings. The zero-order valence-electron chi connectivity index (χ0n) is 10.2. The van der Waals surface area contributed by atoms with Crippen molar-refractivity contribution in [2.24, 2.45) is 0 Å². The second kappa shape index (κ2) is 5.28. The van der Waals surface area contributed by atoms with Crippen LogP contribution < -0.4 is 5.32 Å². The van der Waals surface area contributed by atoms with Crippen molar-refractivity contribution in [3.8, 4) is 0 Å². The maximum Gasteiger partial charge on any atom is 0.416 e. The molecule has 1 heterocycles. The lowest BCUT2D eigenvalue weighted by Gasteiger charge is -2.27. The predicted octanol–water partition coefficient (Wildman–Crippen LogP) is 2.93. The van der Waals surface area contributed by atoms with Crippen LogP contribution in [0.4, 0.5) is 13.2 Å². The summed E-state index contributed by atoms with van der Waals surface area (Å²) in [5.41, 5.74) is 1.20. The number of ether oxygens (including phenoxy) is 1. The van der Waals surface area contributed by atoms with Crippen LogP contribution >= 0.6 is 0 Å². The standard InChI is InChI=1S/C13H16F3NO/c1-18-5-4-10-8-17-7-9-2-3-11(6-12(9)10)13(14,15)16/h2-3,6,10,17H,4-5,7-8H2,1H3. The van der Waals surface area contributed by atoms with Crippen molar-refractivity contribution in [2.45, 2.75) is 25.1 Å². The Morgan fingerprint density at radius 3 is 2.83 bits per heavy atom. The summed E-state index contributed by atoms with van der Waals surface area (Å²) in [4.78, 5) is 0. The van der Waals surface area contributed by atoms with Gasteiger partial charge in [0.05, 0.1) is 5.56 Å². The Hall–Kier alpha value is -1.07. The van der Waals surface area contributed by atoms with E-state index >= 15 is 0 Å². The SMILES string of the molecule is COCCC1CNCc2ccc(C(F)(F)F)cc21. The smallest absolute Gasteiger partial charge is 0.385 e. The van der Waals surface area contributed by atoms with E-state index in [1.807, 2.05) is 0 Å². The summed E-state index contributed by atoms with van der Waals surface area (Å²) in [6.45, 7) is 1.90. The van der Waals surface area contributed by atoms with Gasteiger partial charge in [0.2, 0.25) is 0 Å². The topological polar surface area (TPSA) is 21.3 Å². The molecule has 1 atom stereocenters. The molecule has 2 rings (SSSR count). The average Bonchev–Trinajstić information content (AvgIpc) is 2.34. The molecule has 1 aromatic carbocycles. The zero-order valence-corrected chi connectivity index (χ0v) is 10.2. The quantitative estimate of drug-likeness (QED) is 0.901. The van der Waals surface area contributed by atoms with Crippen LogP contribution in [0.5, 0.6) is 0 Å². The Bertz CT molecular complexity index is 417. The van der Waals surface area contributed by atoms with E-state index in [0.717, 1.165) is 23.6 Å². The van der Waals surface area contributed by atoms with Gasteiger partial charge >= 0.3 is 6.18 Å². The van der Waals surface area contributed by atoms with Crippen molar-refractivity contribution in [1.82, 2.24) is 5.32 Å². The molecular formula is C13H16F3NO. The molecule has 0 saturated carbocycles. The highest BCUT2D eigenvalue weighted by atomic mass is 19.4. The highest BCUT2D eigenvalue weighted by Gasteiger charge is 2.32. The van der Waals surface area contributed by atoms with Crippen LogP contribution in [0.15, 0.2) is 18.2 Å². The first-order valence-electron chi connectivity index (χ1n) is 5.92. The normalized spacial score (nSPS) is 19.7. The predicted molar refractivity (Wildman–Crippen MR) is 62.4 cm³/mol. The largest absolute Gasteiger partial charge is 0.416 e. The van der Waals surface area contributed by atoms with Gasteiger partial charge in [0.1, 0.15) is 0 Å². The average molecular weight is 259 g/mol. The number of hydrogen-bond acceptors (Lipinski definition) is 2. The van der Waals surface area contributed by atoms with Crippen molar-refractivity contribution >= 4 is 0 Å². The highest BCUT2D eigenvalue weighted by molar-refractivity contribution is 5.37. The first-order chi connectivity index (χ1) is 8.52. The Morgan fingerprint density at radius 2 is 2.17 bits per heavy atom. The fourth-order valence-corrected chi connectivity index (χ4v) is 2.32. The first kappa shape index (κ1) is 13.4. The van der Waals surface area contributed by atoms with E-state index < -0.39 is 11.7 Å². The van der Waals surface area contributed by atoms with Crippen molar-refractivity contribution in [1.29, 1.82) is 0 Å². The van der Waals surface area contributed by atoms with Gasteiger partial charge in [0.15, 0.2) is 0 Å². The minimum Gasteiger partial charge on any atom is -0.385 e. The molecule has 0 saturated heterocycles. The number of methoxy groups -OCH3 is 1. The molecule has 2 nitrogen and oxygen atoms in total. The van der Waals surface area contributed by atoms with Crippen LogP contribution in [0.1, 0.15) is 29.0 Å². The summed E-state index contributed by atoms with van der Waals surface area (Å²) in [5.74, 6) is 0.0935. The van der Waals surface area contributed by atoms with E-state index in [4.69, 9.17) is 4.74 Å². The third kappa shape index (κ3) is 2.84. The molecule has 0 aromatic heterocycles. The van der Waals surface area contributed by atoms with Crippen molar-refractivity contribution < 1.29 is 17.9 Å². The number of fused-ring (bicyclic) bond motifs is 1. The molecule has 1 aliphatic heterocycles. The van der Waals surface area contributed by atoms with E-state index in [0.29, 0.717) is 19.7 Å². The van der Waals surface area contributed by atoms with Crippen LogP contribution in [0.2, 0.25) is 0 Å².